The first kappa shape index (κ1) is 11.3. The van der Waals surface area contributed by atoms with Gasteiger partial charge in [-0.2, -0.15) is 0 Å². The molecule has 4 heteroatoms. The first-order valence-corrected chi connectivity index (χ1v) is 6.98. The zero-order chi connectivity index (χ0) is 11.8. The molecular formula is C12H13FO2S. The molecule has 1 aliphatic rings. The second-order valence-electron chi connectivity index (χ2n) is 4.06. The number of benzene rings is 1. The minimum absolute atomic E-state index is 0.159. The zero-order valence-electron chi connectivity index (χ0n) is 8.93. The van der Waals surface area contributed by atoms with Gasteiger partial charge >= 0.3 is 0 Å². The Bertz CT molecular complexity index is 502. The first-order valence-electron chi connectivity index (χ1n) is 5.09. The van der Waals surface area contributed by atoms with Crippen LogP contribution in [0.4, 0.5) is 4.39 Å². The summed E-state index contributed by atoms with van der Waals surface area (Å²) < 4.78 is 35.9. The molecule has 0 N–H and O–H groups in total. The Morgan fingerprint density at radius 2 is 1.88 bits per heavy atom. The Hall–Kier alpha value is -1.16. The number of allylic oxidation sites excluding steroid dienone is 2. The zero-order valence-corrected chi connectivity index (χ0v) is 9.75. The third-order valence-corrected chi connectivity index (χ3v) is 3.96. The molecule has 0 aliphatic heterocycles. The van der Waals surface area contributed by atoms with Crippen LogP contribution in [0.1, 0.15) is 17.9 Å². The molecule has 0 spiro atoms. The van der Waals surface area contributed by atoms with Gasteiger partial charge < -0.3 is 0 Å². The minimum Gasteiger partial charge on any atom is -0.242 e. The topological polar surface area (TPSA) is 34.1 Å². The van der Waals surface area contributed by atoms with E-state index >= 15 is 0 Å². The van der Waals surface area contributed by atoms with Crippen molar-refractivity contribution in [3.8, 4) is 0 Å². The lowest BCUT2D eigenvalue weighted by molar-refractivity contribution is 0.357. The molecule has 0 amide bonds. The highest BCUT2D eigenvalue weighted by molar-refractivity contribution is 7.90. The summed E-state index contributed by atoms with van der Waals surface area (Å²) in [5.41, 5.74) is 0.852. The van der Waals surface area contributed by atoms with Gasteiger partial charge in [-0.3, -0.25) is 0 Å². The predicted octanol–water partition coefficient (Wildman–Crippen LogP) is 2.47. The van der Waals surface area contributed by atoms with E-state index in [4.69, 9.17) is 0 Å². The van der Waals surface area contributed by atoms with Crippen LogP contribution in [0.3, 0.4) is 0 Å². The fraction of sp³-hybridized carbons (Fsp3) is 0.333. The molecule has 2 nitrogen and oxygen atoms in total. The van der Waals surface area contributed by atoms with Gasteiger partial charge in [-0.05, 0) is 24.1 Å². The van der Waals surface area contributed by atoms with E-state index in [9.17, 15) is 12.8 Å². The van der Waals surface area contributed by atoms with Crippen LogP contribution in [0.25, 0.3) is 0 Å². The number of rotatable bonds is 2. The molecule has 0 aromatic heterocycles. The van der Waals surface area contributed by atoms with Gasteiger partial charge in [0.1, 0.15) is 6.17 Å². The van der Waals surface area contributed by atoms with Gasteiger partial charge in [0.15, 0.2) is 9.84 Å². The van der Waals surface area contributed by atoms with Crippen LogP contribution in [-0.4, -0.2) is 20.8 Å². The van der Waals surface area contributed by atoms with E-state index in [1.807, 2.05) is 6.08 Å². The molecule has 1 aromatic carbocycles. The third kappa shape index (κ3) is 2.16. The monoisotopic (exact) mass is 240 g/mol. The van der Waals surface area contributed by atoms with Crippen molar-refractivity contribution in [3.05, 3.63) is 42.0 Å². The molecule has 0 saturated heterocycles. The first-order chi connectivity index (χ1) is 7.48. The normalized spacial score (nSPS) is 24.9. The lowest BCUT2D eigenvalue weighted by atomic mass is 9.96. The van der Waals surface area contributed by atoms with Crippen LogP contribution < -0.4 is 0 Å². The summed E-state index contributed by atoms with van der Waals surface area (Å²) in [5.74, 6) is -0.159. The average molecular weight is 240 g/mol. The second-order valence-corrected chi connectivity index (χ2v) is 6.07. The van der Waals surface area contributed by atoms with Crippen molar-refractivity contribution in [2.24, 2.45) is 0 Å². The molecule has 1 aliphatic carbocycles. The Labute approximate surface area is 94.7 Å². The molecule has 0 bridgehead atoms. The molecule has 86 valence electrons. The Morgan fingerprint density at radius 1 is 1.25 bits per heavy atom. The highest BCUT2D eigenvalue weighted by atomic mass is 32.2. The Kier molecular flexibility index (Phi) is 2.84. The maximum Gasteiger partial charge on any atom is 0.175 e. The minimum atomic E-state index is -3.17. The highest BCUT2D eigenvalue weighted by Crippen LogP contribution is 2.32. The van der Waals surface area contributed by atoms with Crippen molar-refractivity contribution in [2.45, 2.75) is 23.4 Å². The molecule has 2 unspecified atom stereocenters. The molecule has 1 aromatic rings. The molecular weight excluding hydrogens is 227 g/mol. The van der Waals surface area contributed by atoms with Crippen LogP contribution in [0.2, 0.25) is 0 Å². The van der Waals surface area contributed by atoms with Crippen molar-refractivity contribution < 1.29 is 12.8 Å². The van der Waals surface area contributed by atoms with Crippen LogP contribution in [0.15, 0.2) is 41.3 Å². The smallest absolute Gasteiger partial charge is 0.175 e. The molecule has 2 rings (SSSR count). The van der Waals surface area contributed by atoms with E-state index in [-0.39, 0.29) is 10.8 Å². The van der Waals surface area contributed by atoms with Gasteiger partial charge in [-0.15, -0.1) is 0 Å². The molecule has 0 heterocycles. The number of hydrogen-bond acceptors (Lipinski definition) is 2. The summed E-state index contributed by atoms with van der Waals surface area (Å²) in [6.45, 7) is 0. The lowest BCUT2D eigenvalue weighted by Crippen LogP contribution is -2.06. The van der Waals surface area contributed by atoms with Crippen molar-refractivity contribution >= 4 is 9.84 Å². The Balaban J connectivity index is 2.27. The van der Waals surface area contributed by atoms with E-state index in [2.05, 4.69) is 0 Å². The van der Waals surface area contributed by atoms with E-state index in [0.29, 0.717) is 6.42 Å². The molecule has 0 radical (unpaired) electrons. The van der Waals surface area contributed by atoms with Gasteiger partial charge in [0.2, 0.25) is 0 Å². The summed E-state index contributed by atoms with van der Waals surface area (Å²) >= 11 is 0. The molecule has 2 atom stereocenters. The van der Waals surface area contributed by atoms with Crippen LogP contribution in [-0.2, 0) is 9.84 Å². The highest BCUT2D eigenvalue weighted by Gasteiger charge is 2.23. The van der Waals surface area contributed by atoms with E-state index in [0.717, 1.165) is 11.8 Å². The summed E-state index contributed by atoms with van der Waals surface area (Å²) in [4.78, 5) is 0.276. The van der Waals surface area contributed by atoms with Gasteiger partial charge in [0.05, 0.1) is 4.90 Å². The average Bonchev–Trinajstić information content (AvgIpc) is 2.63. The number of hydrogen-bond donors (Lipinski definition) is 0. The van der Waals surface area contributed by atoms with Gasteiger partial charge in [0.25, 0.3) is 0 Å². The van der Waals surface area contributed by atoms with Crippen molar-refractivity contribution in [3.63, 3.8) is 0 Å². The van der Waals surface area contributed by atoms with Crippen molar-refractivity contribution in [1.29, 1.82) is 0 Å². The fourth-order valence-electron chi connectivity index (χ4n) is 1.90. The summed E-state index contributed by atoms with van der Waals surface area (Å²) in [7, 11) is -3.17. The second kappa shape index (κ2) is 4.01. The van der Waals surface area contributed by atoms with Crippen LogP contribution in [0.5, 0.6) is 0 Å². The van der Waals surface area contributed by atoms with Crippen LogP contribution in [0, 0.1) is 0 Å². The van der Waals surface area contributed by atoms with E-state index in [1.165, 1.54) is 12.1 Å². The van der Waals surface area contributed by atoms with Crippen molar-refractivity contribution in [1.82, 2.24) is 0 Å². The molecule has 16 heavy (non-hydrogen) atoms. The lowest BCUT2D eigenvalue weighted by Gasteiger charge is -2.13. The molecule has 0 saturated carbocycles. The standard InChI is InChI=1S/C12H13FO2S/c1-16(14,15)10-7-5-9(6-8-10)11-3-2-4-12(11)13/h2,4-8,11-12H,3H2,1H3. The predicted molar refractivity (Wildman–Crippen MR) is 60.9 cm³/mol. The summed E-state index contributed by atoms with van der Waals surface area (Å²) in [6, 6.07) is 6.46. The summed E-state index contributed by atoms with van der Waals surface area (Å²) in [5, 5.41) is 0. The maximum absolute atomic E-state index is 13.4. The van der Waals surface area contributed by atoms with Crippen LogP contribution >= 0.6 is 0 Å². The number of halogens is 1. The van der Waals surface area contributed by atoms with Gasteiger partial charge in [0, 0.05) is 12.2 Å². The van der Waals surface area contributed by atoms with E-state index < -0.39 is 16.0 Å². The number of alkyl halides is 1. The van der Waals surface area contributed by atoms with Gasteiger partial charge in [-0.1, -0.05) is 24.3 Å². The number of sulfone groups is 1. The van der Waals surface area contributed by atoms with Gasteiger partial charge in [-0.25, -0.2) is 12.8 Å². The van der Waals surface area contributed by atoms with E-state index in [1.54, 1.807) is 18.2 Å². The Morgan fingerprint density at radius 3 is 2.31 bits per heavy atom. The molecule has 0 fully saturated rings. The fourth-order valence-corrected chi connectivity index (χ4v) is 2.53. The third-order valence-electron chi connectivity index (χ3n) is 2.83. The largest absolute Gasteiger partial charge is 0.242 e. The van der Waals surface area contributed by atoms with Crippen molar-refractivity contribution in [2.75, 3.05) is 6.26 Å². The quantitative estimate of drug-likeness (QED) is 0.744. The SMILES string of the molecule is CS(=O)(=O)c1ccc(C2CC=CC2F)cc1. The maximum atomic E-state index is 13.4. The summed E-state index contributed by atoms with van der Waals surface area (Å²) in [6.07, 6.45) is 4.26.